The summed E-state index contributed by atoms with van der Waals surface area (Å²) >= 11 is 2.23. The van der Waals surface area contributed by atoms with Gasteiger partial charge in [-0.05, 0) is 74.0 Å². The van der Waals surface area contributed by atoms with E-state index in [0.29, 0.717) is 26.1 Å². The molecule has 0 aromatic heterocycles. The Kier molecular flexibility index (Phi) is 7.95. The van der Waals surface area contributed by atoms with E-state index >= 15 is 0 Å². The van der Waals surface area contributed by atoms with Crippen LogP contribution in [0.15, 0.2) is 24.3 Å². The number of carbonyl (C=O) groups is 1. The summed E-state index contributed by atoms with van der Waals surface area (Å²) in [6.45, 7) is 6.77. The van der Waals surface area contributed by atoms with Crippen molar-refractivity contribution >= 4 is 28.7 Å². The first kappa shape index (κ1) is 19.0. The molecule has 22 heavy (non-hydrogen) atoms. The molecule has 6 heteroatoms. The molecule has 0 bridgehead atoms. The van der Waals surface area contributed by atoms with E-state index in [1.54, 1.807) is 4.90 Å². The Labute approximate surface area is 145 Å². The molecular weight excluding hydrogens is 397 g/mol. The topological polar surface area (TPSA) is 59.0 Å². The van der Waals surface area contributed by atoms with Crippen LogP contribution in [0.2, 0.25) is 0 Å². The van der Waals surface area contributed by atoms with E-state index in [2.05, 4.69) is 22.6 Å². The van der Waals surface area contributed by atoms with Gasteiger partial charge in [-0.3, -0.25) is 0 Å². The predicted molar refractivity (Wildman–Crippen MR) is 94.2 cm³/mol. The van der Waals surface area contributed by atoms with Gasteiger partial charge in [-0.2, -0.15) is 0 Å². The third-order valence-corrected chi connectivity index (χ3v) is 3.40. The third kappa shape index (κ3) is 7.84. The molecule has 0 saturated carbocycles. The van der Waals surface area contributed by atoms with Crippen LogP contribution in [0.5, 0.6) is 5.75 Å². The summed E-state index contributed by atoms with van der Waals surface area (Å²) in [6, 6.07) is 7.72. The van der Waals surface area contributed by atoms with Crippen LogP contribution in [0.3, 0.4) is 0 Å². The second-order valence-corrected chi connectivity index (χ2v) is 7.09. The van der Waals surface area contributed by atoms with E-state index in [9.17, 15) is 4.79 Å². The smallest absolute Gasteiger partial charge is 0.410 e. The van der Waals surface area contributed by atoms with Gasteiger partial charge in [0.05, 0.1) is 6.54 Å². The van der Waals surface area contributed by atoms with Crippen LogP contribution in [-0.2, 0) is 4.74 Å². The number of aliphatic hydroxyl groups excluding tert-OH is 1. The maximum atomic E-state index is 12.1. The summed E-state index contributed by atoms with van der Waals surface area (Å²) in [5, 5.41) is 8.95. The molecule has 0 heterocycles. The van der Waals surface area contributed by atoms with Gasteiger partial charge in [-0.15, -0.1) is 0 Å². The van der Waals surface area contributed by atoms with E-state index in [-0.39, 0.29) is 12.7 Å². The van der Waals surface area contributed by atoms with Crippen molar-refractivity contribution < 1.29 is 19.4 Å². The number of benzene rings is 1. The quantitative estimate of drug-likeness (QED) is 0.687. The minimum atomic E-state index is -0.536. The minimum Gasteiger partial charge on any atom is -0.492 e. The number of hydrogen-bond donors (Lipinski definition) is 1. The van der Waals surface area contributed by atoms with E-state index in [0.717, 1.165) is 9.32 Å². The zero-order chi connectivity index (χ0) is 16.6. The number of aliphatic hydroxyl groups is 1. The number of rotatable bonds is 7. The first-order valence-corrected chi connectivity index (χ1v) is 8.37. The Balaban J connectivity index is 2.50. The highest BCUT2D eigenvalue weighted by atomic mass is 127. The van der Waals surface area contributed by atoms with Gasteiger partial charge in [-0.1, -0.05) is 0 Å². The summed E-state index contributed by atoms with van der Waals surface area (Å²) in [4.78, 5) is 13.7. The fourth-order valence-corrected chi connectivity index (χ4v) is 2.05. The van der Waals surface area contributed by atoms with Crippen LogP contribution in [0.25, 0.3) is 0 Å². The molecule has 5 nitrogen and oxygen atoms in total. The largest absolute Gasteiger partial charge is 0.492 e. The Morgan fingerprint density at radius 3 is 2.41 bits per heavy atom. The SMILES string of the molecule is CC(C)(C)OC(=O)N(CCCO)CCOc1ccc(I)cc1. The lowest BCUT2D eigenvalue weighted by molar-refractivity contribution is 0.0216. The van der Waals surface area contributed by atoms with E-state index in [1.165, 1.54) is 0 Å². The maximum absolute atomic E-state index is 12.1. The van der Waals surface area contributed by atoms with Crippen LogP contribution in [0, 0.1) is 3.57 Å². The molecule has 0 saturated heterocycles. The number of nitrogens with zero attached hydrogens (tertiary/aromatic N) is 1. The molecule has 0 aliphatic heterocycles. The molecule has 0 fully saturated rings. The molecule has 124 valence electrons. The van der Waals surface area contributed by atoms with Crippen molar-refractivity contribution in [3.05, 3.63) is 27.8 Å². The van der Waals surface area contributed by atoms with Gasteiger partial charge >= 0.3 is 6.09 Å². The standard InChI is InChI=1S/C16H24INO4/c1-16(2,3)22-15(20)18(9-4-11-19)10-12-21-14-7-5-13(17)6-8-14/h5-8,19H,4,9-12H2,1-3H3. The van der Waals surface area contributed by atoms with Gasteiger partial charge in [0.1, 0.15) is 18.0 Å². The predicted octanol–water partition coefficient (Wildman–Crippen LogP) is 3.29. The van der Waals surface area contributed by atoms with Crippen LogP contribution < -0.4 is 4.74 Å². The Hall–Kier alpha value is -1.02. The Morgan fingerprint density at radius 2 is 1.86 bits per heavy atom. The molecule has 1 rings (SSSR count). The van der Waals surface area contributed by atoms with Gasteiger partial charge < -0.3 is 19.5 Å². The number of hydrogen-bond acceptors (Lipinski definition) is 4. The van der Waals surface area contributed by atoms with Crippen molar-refractivity contribution in [1.82, 2.24) is 4.90 Å². The van der Waals surface area contributed by atoms with Gasteiger partial charge in [0, 0.05) is 16.7 Å². The van der Waals surface area contributed by atoms with Gasteiger partial charge in [0.2, 0.25) is 0 Å². The molecule has 0 unspecified atom stereocenters. The number of halogens is 1. The van der Waals surface area contributed by atoms with Crippen molar-refractivity contribution in [2.45, 2.75) is 32.8 Å². The second kappa shape index (κ2) is 9.19. The van der Waals surface area contributed by atoms with E-state index in [1.807, 2.05) is 45.0 Å². The van der Waals surface area contributed by atoms with Crippen molar-refractivity contribution in [1.29, 1.82) is 0 Å². The van der Waals surface area contributed by atoms with Gasteiger partial charge in [0.25, 0.3) is 0 Å². The van der Waals surface area contributed by atoms with Crippen LogP contribution in [0.1, 0.15) is 27.2 Å². The fourth-order valence-electron chi connectivity index (χ4n) is 1.69. The summed E-state index contributed by atoms with van der Waals surface area (Å²) in [5.41, 5.74) is -0.536. The van der Waals surface area contributed by atoms with Crippen LogP contribution >= 0.6 is 22.6 Å². The van der Waals surface area contributed by atoms with Crippen molar-refractivity contribution in [2.24, 2.45) is 0 Å². The molecule has 1 aromatic carbocycles. The van der Waals surface area contributed by atoms with Crippen molar-refractivity contribution in [2.75, 3.05) is 26.3 Å². The van der Waals surface area contributed by atoms with Crippen molar-refractivity contribution in [3.63, 3.8) is 0 Å². The number of carbonyl (C=O) groups excluding carboxylic acids is 1. The molecule has 0 aliphatic rings. The van der Waals surface area contributed by atoms with Gasteiger partial charge in [0.15, 0.2) is 0 Å². The fraction of sp³-hybridized carbons (Fsp3) is 0.562. The third-order valence-electron chi connectivity index (χ3n) is 2.68. The first-order valence-electron chi connectivity index (χ1n) is 7.29. The van der Waals surface area contributed by atoms with Gasteiger partial charge in [-0.25, -0.2) is 4.79 Å². The van der Waals surface area contributed by atoms with Crippen LogP contribution in [0.4, 0.5) is 4.79 Å². The molecule has 0 spiro atoms. The summed E-state index contributed by atoms with van der Waals surface area (Å²) in [7, 11) is 0. The molecule has 1 N–H and O–H groups in total. The van der Waals surface area contributed by atoms with E-state index < -0.39 is 5.60 Å². The summed E-state index contributed by atoms with van der Waals surface area (Å²) in [5.74, 6) is 0.770. The molecular formula is C16H24INO4. The molecule has 1 amide bonds. The molecule has 0 radical (unpaired) electrons. The normalized spacial score (nSPS) is 11.1. The zero-order valence-corrected chi connectivity index (χ0v) is 15.5. The summed E-state index contributed by atoms with van der Waals surface area (Å²) in [6.07, 6.45) is 0.134. The summed E-state index contributed by atoms with van der Waals surface area (Å²) < 4.78 is 12.1. The number of ether oxygens (including phenoxy) is 2. The monoisotopic (exact) mass is 421 g/mol. The zero-order valence-electron chi connectivity index (χ0n) is 13.3. The Bertz CT molecular complexity index is 456. The second-order valence-electron chi connectivity index (χ2n) is 5.85. The molecule has 0 aliphatic carbocycles. The number of amides is 1. The van der Waals surface area contributed by atoms with Crippen molar-refractivity contribution in [3.8, 4) is 5.75 Å². The van der Waals surface area contributed by atoms with Crippen LogP contribution in [-0.4, -0.2) is 48.0 Å². The highest BCUT2D eigenvalue weighted by Gasteiger charge is 2.21. The van der Waals surface area contributed by atoms with E-state index in [4.69, 9.17) is 14.6 Å². The lowest BCUT2D eigenvalue weighted by Crippen LogP contribution is -2.39. The molecule has 1 aromatic rings. The minimum absolute atomic E-state index is 0.0390. The maximum Gasteiger partial charge on any atom is 0.410 e. The average molecular weight is 421 g/mol. The lowest BCUT2D eigenvalue weighted by Gasteiger charge is -2.27. The average Bonchev–Trinajstić information content (AvgIpc) is 2.42. The highest BCUT2D eigenvalue weighted by molar-refractivity contribution is 14.1. The Morgan fingerprint density at radius 1 is 1.23 bits per heavy atom. The molecule has 0 atom stereocenters. The lowest BCUT2D eigenvalue weighted by atomic mass is 10.2. The first-order chi connectivity index (χ1) is 10.3. The highest BCUT2D eigenvalue weighted by Crippen LogP contribution is 2.14.